The SMILES string of the molecule is OCC(Cc1ccc(C(F)(F)F)cc1)n1cccn1. The van der Waals surface area contributed by atoms with E-state index >= 15 is 0 Å². The number of hydrogen-bond acceptors (Lipinski definition) is 2. The van der Waals surface area contributed by atoms with Crippen molar-refractivity contribution in [1.29, 1.82) is 0 Å². The van der Waals surface area contributed by atoms with Crippen molar-refractivity contribution in [2.75, 3.05) is 6.61 Å². The Morgan fingerprint density at radius 1 is 1.21 bits per heavy atom. The predicted molar refractivity (Wildman–Crippen MR) is 63.5 cm³/mol. The molecule has 1 aromatic heterocycles. The number of aliphatic hydroxyl groups excluding tert-OH is 1. The molecule has 2 aromatic rings. The molecule has 0 bridgehead atoms. The molecule has 6 heteroatoms. The molecule has 1 heterocycles. The average molecular weight is 270 g/mol. The third kappa shape index (κ3) is 3.35. The smallest absolute Gasteiger partial charge is 0.394 e. The summed E-state index contributed by atoms with van der Waals surface area (Å²) < 4.78 is 38.8. The van der Waals surface area contributed by atoms with Crippen LogP contribution in [0.2, 0.25) is 0 Å². The van der Waals surface area contributed by atoms with Gasteiger partial charge in [0.05, 0.1) is 18.2 Å². The maximum Gasteiger partial charge on any atom is 0.416 e. The van der Waals surface area contributed by atoms with E-state index in [0.717, 1.165) is 17.7 Å². The fraction of sp³-hybridized carbons (Fsp3) is 0.308. The van der Waals surface area contributed by atoms with E-state index in [-0.39, 0.29) is 12.6 Å². The summed E-state index contributed by atoms with van der Waals surface area (Å²) in [7, 11) is 0. The van der Waals surface area contributed by atoms with Crippen LogP contribution in [0, 0.1) is 0 Å². The Morgan fingerprint density at radius 2 is 1.89 bits per heavy atom. The van der Waals surface area contributed by atoms with Crippen molar-refractivity contribution in [3.05, 3.63) is 53.9 Å². The van der Waals surface area contributed by atoms with Gasteiger partial charge in [-0.25, -0.2) is 0 Å². The van der Waals surface area contributed by atoms with Crippen LogP contribution in [-0.4, -0.2) is 21.5 Å². The molecule has 1 aromatic carbocycles. The van der Waals surface area contributed by atoms with E-state index in [4.69, 9.17) is 0 Å². The molecule has 1 atom stereocenters. The molecule has 102 valence electrons. The van der Waals surface area contributed by atoms with Gasteiger partial charge in [-0.2, -0.15) is 18.3 Å². The fourth-order valence-corrected chi connectivity index (χ4v) is 1.84. The van der Waals surface area contributed by atoms with Gasteiger partial charge in [-0.05, 0) is 30.2 Å². The summed E-state index contributed by atoms with van der Waals surface area (Å²) in [6, 6.07) is 6.41. The topological polar surface area (TPSA) is 38.0 Å². The Bertz CT molecular complexity index is 506. The molecule has 0 saturated carbocycles. The Kier molecular flexibility index (Phi) is 3.90. The number of alkyl halides is 3. The predicted octanol–water partition coefficient (Wildman–Crippen LogP) is 2.68. The van der Waals surface area contributed by atoms with Crippen molar-refractivity contribution in [2.24, 2.45) is 0 Å². The third-order valence-electron chi connectivity index (χ3n) is 2.86. The van der Waals surface area contributed by atoms with E-state index in [1.807, 2.05) is 0 Å². The van der Waals surface area contributed by atoms with Gasteiger partial charge in [0.1, 0.15) is 0 Å². The van der Waals surface area contributed by atoms with Gasteiger partial charge in [0.25, 0.3) is 0 Å². The lowest BCUT2D eigenvalue weighted by atomic mass is 10.0. The van der Waals surface area contributed by atoms with E-state index in [2.05, 4.69) is 5.10 Å². The molecular weight excluding hydrogens is 257 g/mol. The third-order valence-corrected chi connectivity index (χ3v) is 2.86. The van der Waals surface area contributed by atoms with Gasteiger partial charge in [0.15, 0.2) is 0 Å². The second-order valence-corrected chi connectivity index (χ2v) is 4.22. The first kappa shape index (κ1) is 13.6. The minimum absolute atomic E-state index is 0.122. The highest BCUT2D eigenvalue weighted by Gasteiger charge is 2.30. The lowest BCUT2D eigenvalue weighted by molar-refractivity contribution is -0.137. The number of aliphatic hydroxyl groups is 1. The lowest BCUT2D eigenvalue weighted by Gasteiger charge is -2.15. The summed E-state index contributed by atoms with van der Waals surface area (Å²) in [6.45, 7) is -0.122. The van der Waals surface area contributed by atoms with Crippen molar-refractivity contribution in [3.8, 4) is 0 Å². The number of nitrogens with zero attached hydrogens (tertiary/aromatic N) is 2. The van der Waals surface area contributed by atoms with Gasteiger partial charge in [-0.15, -0.1) is 0 Å². The highest BCUT2D eigenvalue weighted by atomic mass is 19.4. The molecule has 0 aliphatic heterocycles. The normalized spacial score (nSPS) is 13.5. The van der Waals surface area contributed by atoms with Crippen molar-refractivity contribution < 1.29 is 18.3 Å². The molecule has 0 aliphatic rings. The van der Waals surface area contributed by atoms with E-state index < -0.39 is 11.7 Å². The van der Waals surface area contributed by atoms with Crippen LogP contribution >= 0.6 is 0 Å². The Balaban J connectivity index is 2.11. The van der Waals surface area contributed by atoms with Crippen LogP contribution in [0.25, 0.3) is 0 Å². The molecule has 2 rings (SSSR count). The van der Waals surface area contributed by atoms with Crippen molar-refractivity contribution >= 4 is 0 Å². The molecule has 0 fully saturated rings. The van der Waals surface area contributed by atoms with Crippen LogP contribution in [-0.2, 0) is 12.6 Å². The molecule has 1 unspecified atom stereocenters. The van der Waals surface area contributed by atoms with Crippen LogP contribution in [0.5, 0.6) is 0 Å². The second-order valence-electron chi connectivity index (χ2n) is 4.22. The van der Waals surface area contributed by atoms with Crippen molar-refractivity contribution in [3.63, 3.8) is 0 Å². The van der Waals surface area contributed by atoms with Crippen molar-refractivity contribution in [1.82, 2.24) is 9.78 Å². The lowest BCUT2D eigenvalue weighted by Crippen LogP contribution is -2.16. The quantitative estimate of drug-likeness (QED) is 0.927. The number of benzene rings is 1. The van der Waals surface area contributed by atoms with Gasteiger partial charge in [-0.1, -0.05) is 12.1 Å². The number of halogens is 3. The van der Waals surface area contributed by atoms with Gasteiger partial charge in [0, 0.05) is 12.4 Å². The molecule has 0 spiro atoms. The summed E-state index contributed by atoms with van der Waals surface area (Å²) in [5, 5.41) is 13.3. The summed E-state index contributed by atoms with van der Waals surface area (Å²) >= 11 is 0. The van der Waals surface area contributed by atoms with Crippen LogP contribution in [0.15, 0.2) is 42.7 Å². The summed E-state index contributed by atoms with van der Waals surface area (Å²) in [6.07, 6.45) is -0.590. The molecular formula is C13H13F3N2O. The zero-order valence-electron chi connectivity index (χ0n) is 10.0. The van der Waals surface area contributed by atoms with Gasteiger partial charge in [0.2, 0.25) is 0 Å². The van der Waals surface area contributed by atoms with E-state index in [1.165, 1.54) is 12.1 Å². The largest absolute Gasteiger partial charge is 0.416 e. The van der Waals surface area contributed by atoms with Crippen LogP contribution in [0.3, 0.4) is 0 Å². The molecule has 19 heavy (non-hydrogen) atoms. The molecule has 0 amide bonds. The zero-order valence-corrected chi connectivity index (χ0v) is 10.0. The van der Waals surface area contributed by atoms with Gasteiger partial charge < -0.3 is 5.11 Å². The molecule has 0 radical (unpaired) electrons. The van der Waals surface area contributed by atoms with Gasteiger partial charge >= 0.3 is 6.18 Å². The van der Waals surface area contributed by atoms with Crippen LogP contribution < -0.4 is 0 Å². The van der Waals surface area contributed by atoms with Gasteiger partial charge in [-0.3, -0.25) is 4.68 Å². The van der Waals surface area contributed by atoms with E-state index in [0.29, 0.717) is 6.42 Å². The fourth-order valence-electron chi connectivity index (χ4n) is 1.84. The highest BCUT2D eigenvalue weighted by Crippen LogP contribution is 2.29. The Hall–Kier alpha value is -1.82. The van der Waals surface area contributed by atoms with E-state index in [1.54, 1.807) is 23.1 Å². The maximum absolute atomic E-state index is 12.4. The summed E-state index contributed by atoms with van der Waals surface area (Å²) in [4.78, 5) is 0. The number of hydrogen-bond donors (Lipinski definition) is 1. The van der Waals surface area contributed by atoms with Crippen LogP contribution in [0.1, 0.15) is 17.2 Å². The minimum Gasteiger partial charge on any atom is -0.394 e. The minimum atomic E-state index is -4.32. The number of rotatable bonds is 4. The number of aromatic nitrogens is 2. The highest BCUT2D eigenvalue weighted by molar-refractivity contribution is 5.25. The van der Waals surface area contributed by atoms with Crippen molar-refractivity contribution in [2.45, 2.75) is 18.6 Å². The summed E-state index contributed by atoms with van der Waals surface area (Å²) in [5.41, 5.74) is 0.0541. The maximum atomic E-state index is 12.4. The first-order valence-corrected chi connectivity index (χ1v) is 5.77. The van der Waals surface area contributed by atoms with Crippen LogP contribution in [0.4, 0.5) is 13.2 Å². The van der Waals surface area contributed by atoms with E-state index in [9.17, 15) is 18.3 Å². The first-order chi connectivity index (χ1) is 9.00. The monoisotopic (exact) mass is 270 g/mol. The Labute approximate surface area is 108 Å². The zero-order chi connectivity index (χ0) is 13.9. The molecule has 0 aliphatic carbocycles. The first-order valence-electron chi connectivity index (χ1n) is 5.77. The Morgan fingerprint density at radius 3 is 2.37 bits per heavy atom. The molecule has 0 saturated heterocycles. The molecule has 1 N–H and O–H groups in total. The summed E-state index contributed by atoms with van der Waals surface area (Å²) in [5.74, 6) is 0. The second kappa shape index (κ2) is 5.44. The molecule has 3 nitrogen and oxygen atoms in total. The standard InChI is InChI=1S/C13H13F3N2O/c14-13(15,16)11-4-2-10(3-5-11)8-12(9-19)18-7-1-6-17-18/h1-7,12,19H,8-9H2. The average Bonchev–Trinajstić information content (AvgIpc) is 2.89.